The molecule has 0 spiro atoms. The Kier molecular flexibility index (Phi) is 10.1. The fourth-order valence-corrected chi connectivity index (χ4v) is 2.76. The molecular formula is C25H32O. The fourth-order valence-electron chi connectivity index (χ4n) is 2.76. The van der Waals surface area contributed by atoms with Crippen molar-refractivity contribution in [3.63, 3.8) is 0 Å². The molecule has 1 aromatic carbocycles. The van der Waals surface area contributed by atoms with Gasteiger partial charge in [0, 0.05) is 16.7 Å². The Balaban J connectivity index is 3.33. The van der Waals surface area contributed by atoms with Gasteiger partial charge in [-0.15, -0.1) is 0 Å². The van der Waals surface area contributed by atoms with E-state index in [4.69, 9.17) is 0 Å². The molecule has 0 N–H and O–H groups in total. The van der Waals surface area contributed by atoms with Crippen LogP contribution in [0.4, 0.5) is 0 Å². The van der Waals surface area contributed by atoms with Crippen molar-refractivity contribution in [2.45, 2.75) is 66.7 Å². The zero-order valence-corrected chi connectivity index (χ0v) is 17.0. The first-order valence-corrected chi connectivity index (χ1v) is 9.70. The minimum Gasteiger partial charge on any atom is -0.298 e. The number of carbonyl (C=O) groups is 1. The zero-order chi connectivity index (χ0) is 19.4. The van der Waals surface area contributed by atoms with E-state index in [1.165, 1.54) is 11.1 Å². The molecule has 0 aliphatic carbocycles. The maximum atomic E-state index is 11.0. The van der Waals surface area contributed by atoms with E-state index < -0.39 is 0 Å². The molecule has 26 heavy (non-hydrogen) atoms. The molecule has 0 amide bonds. The van der Waals surface area contributed by atoms with Crippen LogP contribution in [0.3, 0.4) is 0 Å². The summed E-state index contributed by atoms with van der Waals surface area (Å²) in [7, 11) is 0. The van der Waals surface area contributed by atoms with Gasteiger partial charge >= 0.3 is 0 Å². The molecular weight excluding hydrogens is 316 g/mol. The highest BCUT2D eigenvalue weighted by atomic mass is 16.1. The van der Waals surface area contributed by atoms with Crippen LogP contribution in [0, 0.1) is 18.8 Å². The van der Waals surface area contributed by atoms with Crippen LogP contribution in [-0.4, -0.2) is 6.29 Å². The Morgan fingerprint density at radius 3 is 2.46 bits per heavy atom. The molecule has 138 valence electrons. The van der Waals surface area contributed by atoms with Gasteiger partial charge in [-0.1, -0.05) is 75.3 Å². The summed E-state index contributed by atoms with van der Waals surface area (Å²) in [5.41, 5.74) is 6.56. The Labute approximate surface area is 159 Å². The first-order valence-electron chi connectivity index (χ1n) is 9.70. The lowest BCUT2D eigenvalue weighted by Gasteiger charge is -2.07. The topological polar surface area (TPSA) is 17.1 Å². The van der Waals surface area contributed by atoms with Crippen LogP contribution in [0.15, 0.2) is 53.1 Å². The van der Waals surface area contributed by atoms with Gasteiger partial charge in [0.1, 0.15) is 6.29 Å². The summed E-state index contributed by atoms with van der Waals surface area (Å²) in [5.74, 6) is 6.59. The number of hydrogen-bond donors (Lipinski definition) is 0. The number of carbonyl (C=O) groups excluding carboxylic acids is 1. The summed E-state index contributed by atoms with van der Waals surface area (Å²) in [6.45, 7) is 10.8. The normalized spacial score (nSPS) is 12.6. The summed E-state index contributed by atoms with van der Waals surface area (Å²) < 4.78 is 0. The number of benzene rings is 1. The van der Waals surface area contributed by atoms with Gasteiger partial charge in [0.15, 0.2) is 0 Å². The maximum Gasteiger partial charge on any atom is 0.150 e. The predicted molar refractivity (Wildman–Crippen MR) is 113 cm³/mol. The first kappa shape index (κ1) is 21.7. The minimum atomic E-state index is 0.667. The van der Waals surface area contributed by atoms with Crippen molar-refractivity contribution in [2.75, 3.05) is 0 Å². The molecule has 1 rings (SSSR count). The molecule has 0 atom stereocenters. The molecule has 0 radical (unpaired) electrons. The second-order valence-electron chi connectivity index (χ2n) is 6.66. The van der Waals surface area contributed by atoms with Crippen molar-refractivity contribution in [3.8, 4) is 11.8 Å². The molecule has 0 saturated heterocycles. The minimum absolute atomic E-state index is 0.667. The van der Waals surface area contributed by atoms with Crippen molar-refractivity contribution < 1.29 is 4.79 Å². The van der Waals surface area contributed by atoms with Crippen LogP contribution >= 0.6 is 0 Å². The molecule has 0 saturated carbocycles. The Hall–Kier alpha value is -2.33. The lowest BCUT2D eigenvalue weighted by atomic mass is 9.98. The first-order chi connectivity index (χ1) is 12.5. The summed E-state index contributed by atoms with van der Waals surface area (Å²) in [6, 6.07) is 5.64. The highest BCUT2D eigenvalue weighted by Crippen LogP contribution is 2.19. The summed E-state index contributed by atoms with van der Waals surface area (Å²) in [6.07, 6.45) is 12.9. The Morgan fingerprint density at radius 2 is 1.85 bits per heavy atom. The average Bonchev–Trinajstić information content (AvgIpc) is 2.64. The smallest absolute Gasteiger partial charge is 0.150 e. The summed E-state index contributed by atoms with van der Waals surface area (Å²) in [4.78, 5) is 11.0. The van der Waals surface area contributed by atoms with Gasteiger partial charge in [0.2, 0.25) is 0 Å². The van der Waals surface area contributed by atoms with Crippen LogP contribution in [0.5, 0.6) is 0 Å². The van der Waals surface area contributed by atoms with E-state index in [9.17, 15) is 4.79 Å². The fraction of sp³-hybridized carbons (Fsp3) is 0.400. The second-order valence-corrected chi connectivity index (χ2v) is 6.66. The largest absolute Gasteiger partial charge is 0.298 e. The summed E-state index contributed by atoms with van der Waals surface area (Å²) >= 11 is 0. The van der Waals surface area contributed by atoms with Gasteiger partial charge in [-0.05, 0) is 56.4 Å². The molecule has 0 aliphatic rings. The third-order valence-corrected chi connectivity index (χ3v) is 4.29. The second kappa shape index (κ2) is 12.1. The third kappa shape index (κ3) is 7.28. The van der Waals surface area contributed by atoms with Gasteiger partial charge in [0.05, 0.1) is 0 Å². The van der Waals surface area contributed by atoms with Crippen LogP contribution in [0.1, 0.15) is 81.3 Å². The van der Waals surface area contributed by atoms with Crippen LogP contribution in [0.2, 0.25) is 0 Å². The molecule has 1 nitrogen and oxygen atoms in total. The summed E-state index contributed by atoms with van der Waals surface area (Å²) in [5, 5.41) is 0. The Morgan fingerprint density at radius 1 is 1.12 bits per heavy atom. The van der Waals surface area contributed by atoms with E-state index in [1.54, 1.807) is 0 Å². The predicted octanol–water partition coefficient (Wildman–Crippen LogP) is 6.97. The van der Waals surface area contributed by atoms with Gasteiger partial charge in [-0.25, -0.2) is 0 Å². The standard InChI is InChI=1S/C25H32O/c1-6-9-12-22(17-24(11-8-3)20(4)10-7-2)15-16-25-18-23(19-26)14-13-21(25)5/h9,12-14,17-19H,6-8,10-11H2,1-5H3/b12-9+,22-17+,24-20+. The van der Waals surface area contributed by atoms with E-state index in [2.05, 4.69) is 57.8 Å². The van der Waals surface area contributed by atoms with Crippen LogP contribution in [-0.2, 0) is 0 Å². The van der Waals surface area contributed by atoms with Gasteiger partial charge < -0.3 is 0 Å². The SMILES string of the molecule is CC/C=C/C(C#Cc1cc(C=O)ccc1C)=C\C(CCC)=C(/C)CCC. The van der Waals surface area contributed by atoms with E-state index in [-0.39, 0.29) is 0 Å². The van der Waals surface area contributed by atoms with Crippen molar-refractivity contribution >= 4 is 6.29 Å². The van der Waals surface area contributed by atoms with Crippen molar-refractivity contribution in [1.29, 1.82) is 0 Å². The molecule has 0 bridgehead atoms. The Bertz CT molecular complexity index is 748. The van der Waals surface area contributed by atoms with Crippen molar-refractivity contribution in [3.05, 3.63) is 69.8 Å². The van der Waals surface area contributed by atoms with Gasteiger partial charge in [0.25, 0.3) is 0 Å². The van der Waals surface area contributed by atoms with Gasteiger partial charge in [-0.2, -0.15) is 0 Å². The monoisotopic (exact) mass is 348 g/mol. The molecule has 0 aromatic heterocycles. The maximum absolute atomic E-state index is 11.0. The molecule has 1 heteroatoms. The van der Waals surface area contributed by atoms with E-state index in [0.717, 1.165) is 55.1 Å². The zero-order valence-electron chi connectivity index (χ0n) is 17.0. The van der Waals surface area contributed by atoms with Crippen molar-refractivity contribution in [2.24, 2.45) is 0 Å². The molecule has 1 aromatic rings. The molecule has 0 unspecified atom stereocenters. The number of hydrogen-bond acceptors (Lipinski definition) is 1. The average molecular weight is 349 g/mol. The van der Waals surface area contributed by atoms with E-state index in [0.29, 0.717) is 5.56 Å². The highest BCUT2D eigenvalue weighted by Gasteiger charge is 2.01. The molecule has 0 aliphatic heterocycles. The molecule has 0 fully saturated rings. The van der Waals surface area contributed by atoms with E-state index in [1.807, 2.05) is 25.1 Å². The lowest BCUT2D eigenvalue weighted by Crippen LogP contribution is -1.89. The molecule has 0 heterocycles. The van der Waals surface area contributed by atoms with Crippen LogP contribution < -0.4 is 0 Å². The highest BCUT2D eigenvalue weighted by molar-refractivity contribution is 5.76. The number of aldehydes is 1. The number of allylic oxidation sites excluding steroid dienone is 6. The number of aryl methyl sites for hydroxylation is 1. The quantitative estimate of drug-likeness (QED) is 0.282. The lowest BCUT2D eigenvalue weighted by molar-refractivity contribution is 0.112. The van der Waals surface area contributed by atoms with Gasteiger partial charge in [-0.3, -0.25) is 4.79 Å². The van der Waals surface area contributed by atoms with Crippen molar-refractivity contribution in [1.82, 2.24) is 0 Å². The van der Waals surface area contributed by atoms with Crippen LogP contribution in [0.25, 0.3) is 0 Å². The third-order valence-electron chi connectivity index (χ3n) is 4.29. The van der Waals surface area contributed by atoms with E-state index >= 15 is 0 Å². The number of rotatable bonds is 8.